The minimum atomic E-state index is -0.233. The van der Waals surface area contributed by atoms with E-state index in [1.54, 1.807) is 50.2 Å². The number of hydrogen-bond acceptors (Lipinski definition) is 8. The van der Waals surface area contributed by atoms with Crippen molar-refractivity contribution in [3.63, 3.8) is 0 Å². The molecule has 154 valence electrons. The zero-order valence-corrected chi connectivity index (χ0v) is 17.9. The SMILES string of the molecule is COCCn1c(SCC(=O)Nc2cc(OC)cc(OC)c2)nc2ccsc2c1=O. The highest BCUT2D eigenvalue weighted by molar-refractivity contribution is 7.99. The van der Waals surface area contributed by atoms with Crippen LogP contribution in [-0.2, 0) is 16.1 Å². The number of nitrogens with zero attached hydrogens (tertiary/aromatic N) is 2. The number of thiophene rings is 1. The van der Waals surface area contributed by atoms with Crippen LogP contribution in [0.15, 0.2) is 39.6 Å². The molecule has 2 heterocycles. The van der Waals surface area contributed by atoms with Gasteiger partial charge in [-0.05, 0) is 11.4 Å². The summed E-state index contributed by atoms with van der Waals surface area (Å²) in [4.78, 5) is 29.7. The highest BCUT2D eigenvalue weighted by Gasteiger charge is 2.14. The molecule has 1 aromatic carbocycles. The highest BCUT2D eigenvalue weighted by Crippen LogP contribution is 2.26. The molecule has 10 heteroatoms. The Balaban J connectivity index is 1.76. The van der Waals surface area contributed by atoms with Crippen LogP contribution in [0.3, 0.4) is 0 Å². The summed E-state index contributed by atoms with van der Waals surface area (Å²) >= 11 is 2.56. The predicted octanol–water partition coefficient (Wildman–Crippen LogP) is 2.85. The van der Waals surface area contributed by atoms with Crippen LogP contribution in [0.4, 0.5) is 5.69 Å². The number of fused-ring (bicyclic) bond motifs is 1. The quantitative estimate of drug-likeness (QED) is 0.408. The molecule has 0 aliphatic carbocycles. The third kappa shape index (κ3) is 5.08. The van der Waals surface area contributed by atoms with Gasteiger partial charge in [-0.1, -0.05) is 11.8 Å². The van der Waals surface area contributed by atoms with Crippen molar-refractivity contribution in [1.29, 1.82) is 0 Å². The lowest BCUT2D eigenvalue weighted by Crippen LogP contribution is -2.25. The Morgan fingerprint density at radius 1 is 1.21 bits per heavy atom. The van der Waals surface area contributed by atoms with E-state index in [2.05, 4.69) is 10.3 Å². The molecule has 1 N–H and O–H groups in total. The number of ether oxygens (including phenoxy) is 3. The molecule has 0 radical (unpaired) electrons. The average Bonchev–Trinajstić information content (AvgIpc) is 3.20. The van der Waals surface area contributed by atoms with E-state index in [0.717, 1.165) is 0 Å². The monoisotopic (exact) mass is 435 g/mol. The maximum Gasteiger partial charge on any atom is 0.272 e. The van der Waals surface area contributed by atoms with Crippen LogP contribution in [0.2, 0.25) is 0 Å². The minimum absolute atomic E-state index is 0.0919. The number of methoxy groups -OCH3 is 3. The van der Waals surface area contributed by atoms with Gasteiger partial charge in [0.1, 0.15) is 16.2 Å². The van der Waals surface area contributed by atoms with Gasteiger partial charge in [0.05, 0.1) is 38.6 Å². The molecule has 0 saturated heterocycles. The molecule has 8 nitrogen and oxygen atoms in total. The number of carbonyl (C=O) groups is 1. The van der Waals surface area contributed by atoms with E-state index in [1.165, 1.54) is 23.1 Å². The van der Waals surface area contributed by atoms with Gasteiger partial charge >= 0.3 is 0 Å². The summed E-state index contributed by atoms with van der Waals surface area (Å²) in [6, 6.07) is 6.93. The Morgan fingerprint density at radius 2 is 1.93 bits per heavy atom. The van der Waals surface area contributed by atoms with Crippen molar-refractivity contribution in [2.24, 2.45) is 0 Å². The second-order valence-electron chi connectivity index (χ2n) is 5.92. The first-order valence-electron chi connectivity index (χ1n) is 8.68. The van der Waals surface area contributed by atoms with Crippen molar-refractivity contribution in [3.05, 3.63) is 40.0 Å². The van der Waals surface area contributed by atoms with Crippen LogP contribution in [0.1, 0.15) is 0 Å². The molecule has 0 aliphatic rings. The Kier molecular flexibility index (Phi) is 7.13. The van der Waals surface area contributed by atoms with Crippen molar-refractivity contribution >= 4 is 44.9 Å². The number of anilines is 1. The molecule has 2 aromatic heterocycles. The van der Waals surface area contributed by atoms with Gasteiger partial charge in [-0.3, -0.25) is 14.2 Å². The van der Waals surface area contributed by atoms with Crippen LogP contribution in [0, 0.1) is 0 Å². The number of rotatable bonds is 9. The van der Waals surface area contributed by atoms with E-state index < -0.39 is 0 Å². The molecule has 0 fully saturated rings. The number of aromatic nitrogens is 2. The van der Waals surface area contributed by atoms with Crippen molar-refractivity contribution in [2.45, 2.75) is 11.7 Å². The van der Waals surface area contributed by atoms with E-state index in [9.17, 15) is 9.59 Å². The summed E-state index contributed by atoms with van der Waals surface area (Å²) in [7, 11) is 4.66. The molecular weight excluding hydrogens is 414 g/mol. The molecule has 0 aliphatic heterocycles. The van der Waals surface area contributed by atoms with Gasteiger partial charge in [0, 0.05) is 31.0 Å². The summed E-state index contributed by atoms with van der Waals surface area (Å²) in [5, 5.41) is 5.13. The van der Waals surface area contributed by atoms with Gasteiger partial charge in [-0.25, -0.2) is 4.98 Å². The molecule has 3 aromatic rings. The van der Waals surface area contributed by atoms with E-state index in [-0.39, 0.29) is 17.2 Å². The highest BCUT2D eigenvalue weighted by atomic mass is 32.2. The minimum Gasteiger partial charge on any atom is -0.497 e. The zero-order valence-electron chi connectivity index (χ0n) is 16.3. The Labute approximate surface area is 175 Å². The fourth-order valence-electron chi connectivity index (χ4n) is 2.62. The standard InChI is InChI=1S/C19H21N3O5S2/c1-25-6-5-22-18(24)17-15(4-7-28-17)21-19(22)29-11-16(23)20-12-8-13(26-2)10-14(9-12)27-3/h4,7-10H,5-6,11H2,1-3H3,(H,20,23). The Bertz CT molecular complexity index is 1040. The van der Waals surface area contributed by atoms with Crippen molar-refractivity contribution < 1.29 is 19.0 Å². The van der Waals surface area contributed by atoms with Crippen LogP contribution in [0.25, 0.3) is 10.2 Å². The molecular formula is C19H21N3O5S2. The van der Waals surface area contributed by atoms with Crippen molar-refractivity contribution in [3.8, 4) is 11.5 Å². The normalized spacial score (nSPS) is 10.9. The Morgan fingerprint density at radius 3 is 2.59 bits per heavy atom. The molecule has 0 atom stereocenters. The molecule has 3 rings (SSSR count). The first-order valence-corrected chi connectivity index (χ1v) is 10.5. The van der Waals surface area contributed by atoms with E-state index in [1.807, 2.05) is 5.38 Å². The Hall–Kier alpha value is -2.56. The maximum absolute atomic E-state index is 12.7. The van der Waals surface area contributed by atoms with Gasteiger partial charge in [0.2, 0.25) is 5.91 Å². The van der Waals surface area contributed by atoms with Gasteiger partial charge in [0.15, 0.2) is 5.16 Å². The summed E-state index contributed by atoms with van der Waals surface area (Å²) in [6.07, 6.45) is 0. The molecule has 1 amide bonds. The summed E-state index contributed by atoms with van der Waals surface area (Å²) < 4.78 is 17.7. The lowest BCUT2D eigenvalue weighted by Gasteiger charge is -2.12. The van der Waals surface area contributed by atoms with Crippen molar-refractivity contribution in [2.75, 3.05) is 39.0 Å². The number of benzene rings is 1. The van der Waals surface area contributed by atoms with Gasteiger partial charge < -0.3 is 19.5 Å². The number of thioether (sulfide) groups is 1. The molecule has 29 heavy (non-hydrogen) atoms. The van der Waals surface area contributed by atoms with Crippen LogP contribution < -0.4 is 20.3 Å². The van der Waals surface area contributed by atoms with Gasteiger partial charge in [-0.2, -0.15) is 0 Å². The summed E-state index contributed by atoms with van der Waals surface area (Å²) in [6.45, 7) is 0.745. The molecule has 0 saturated carbocycles. The molecule has 0 bridgehead atoms. The first kappa shape index (κ1) is 21.2. The van der Waals surface area contributed by atoms with Gasteiger partial charge in [-0.15, -0.1) is 11.3 Å². The van der Waals surface area contributed by atoms with E-state index in [4.69, 9.17) is 14.2 Å². The number of carbonyl (C=O) groups excluding carboxylic acids is 1. The lowest BCUT2D eigenvalue weighted by atomic mass is 10.2. The third-order valence-electron chi connectivity index (χ3n) is 4.02. The van der Waals surface area contributed by atoms with Gasteiger partial charge in [0.25, 0.3) is 5.56 Å². The topological polar surface area (TPSA) is 91.7 Å². The fraction of sp³-hybridized carbons (Fsp3) is 0.316. The fourth-order valence-corrected chi connectivity index (χ4v) is 4.22. The second kappa shape index (κ2) is 9.77. The summed E-state index contributed by atoms with van der Waals surface area (Å²) in [5.41, 5.74) is 1.07. The summed E-state index contributed by atoms with van der Waals surface area (Å²) in [5.74, 6) is 1.01. The smallest absolute Gasteiger partial charge is 0.272 e. The van der Waals surface area contributed by atoms with Crippen LogP contribution in [0.5, 0.6) is 11.5 Å². The zero-order chi connectivity index (χ0) is 20.8. The average molecular weight is 436 g/mol. The van der Waals surface area contributed by atoms with Crippen LogP contribution in [-0.4, -0.2) is 49.1 Å². The maximum atomic E-state index is 12.7. The molecule has 0 spiro atoms. The number of amides is 1. The predicted molar refractivity (Wildman–Crippen MR) is 115 cm³/mol. The van der Waals surface area contributed by atoms with Crippen molar-refractivity contribution in [1.82, 2.24) is 9.55 Å². The second-order valence-corrected chi connectivity index (χ2v) is 7.78. The van der Waals surface area contributed by atoms with E-state index in [0.29, 0.717) is 45.7 Å². The lowest BCUT2D eigenvalue weighted by molar-refractivity contribution is -0.113. The molecule has 0 unspecified atom stereocenters. The number of nitrogens with one attached hydrogen (secondary N) is 1. The third-order valence-corrected chi connectivity index (χ3v) is 5.89. The first-order chi connectivity index (χ1) is 14.0. The largest absolute Gasteiger partial charge is 0.497 e. The van der Waals surface area contributed by atoms with E-state index >= 15 is 0 Å². The van der Waals surface area contributed by atoms with Crippen LogP contribution >= 0.6 is 23.1 Å². The number of hydrogen-bond donors (Lipinski definition) is 1.